The highest BCUT2D eigenvalue weighted by Gasteiger charge is 2.11. The van der Waals surface area contributed by atoms with Crippen LogP contribution in [0.2, 0.25) is 5.02 Å². The SMILES string of the molecule is CCC(CNC(=NC)NCc1cccc(-c2ncn[nH]2)c1)Oc1ccccc1Cl.I. The fourth-order valence-corrected chi connectivity index (χ4v) is 2.96. The molecule has 3 rings (SSSR count). The van der Waals surface area contributed by atoms with Gasteiger partial charge in [-0.05, 0) is 30.2 Å². The number of benzene rings is 2. The van der Waals surface area contributed by atoms with E-state index in [9.17, 15) is 0 Å². The molecule has 0 saturated heterocycles. The second-order valence-electron chi connectivity index (χ2n) is 6.42. The Morgan fingerprint density at radius 1 is 1.20 bits per heavy atom. The minimum absolute atomic E-state index is 0. The van der Waals surface area contributed by atoms with Gasteiger partial charge in [-0.2, -0.15) is 5.10 Å². The van der Waals surface area contributed by atoms with E-state index in [1.165, 1.54) is 6.33 Å². The maximum atomic E-state index is 6.19. The van der Waals surface area contributed by atoms with Gasteiger partial charge >= 0.3 is 0 Å². The number of H-pyrrole nitrogens is 1. The molecule has 1 heterocycles. The first kappa shape index (κ1) is 23.9. The zero-order chi connectivity index (χ0) is 20.5. The van der Waals surface area contributed by atoms with Crippen LogP contribution >= 0.6 is 35.6 Å². The first-order valence-electron chi connectivity index (χ1n) is 9.50. The first-order valence-corrected chi connectivity index (χ1v) is 9.87. The molecule has 0 bridgehead atoms. The number of guanidine groups is 1. The van der Waals surface area contributed by atoms with E-state index < -0.39 is 0 Å². The molecule has 3 aromatic rings. The van der Waals surface area contributed by atoms with Crippen LogP contribution < -0.4 is 15.4 Å². The molecule has 0 aliphatic heterocycles. The van der Waals surface area contributed by atoms with Gasteiger partial charge in [-0.15, -0.1) is 24.0 Å². The van der Waals surface area contributed by atoms with Crippen LogP contribution in [0.5, 0.6) is 5.75 Å². The van der Waals surface area contributed by atoms with Gasteiger partial charge in [0.25, 0.3) is 0 Å². The quantitative estimate of drug-likeness (QED) is 0.226. The summed E-state index contributed by atoms with van der Waals surface area (Å²) in [6.07, 6.45) is 2.32. The number of nitrogens with one attached hydrogen (secondary N) is 3. The minimum atomic E-state index is -0.0248. The van der Waals surface area contributed by atoms with Crippen LogP contribution in [0.4, 0.5) is 0 Å². The molecule has 2 aromatic carbocycles. The van der Waals surface area contributed by atoms with E-state index in [0.29, 0.717) is 29.8 Å². The molecule has 160 valence electrons. The van der Waals surface area contributed by atoms with Crippen LogP contribution in [0, 0.1) is 0 Å². The molecule has 7 nitrogen and oxygen atoms in total. The van der Waals surface area contributed by atoms with Crippen LogP contribution in [0.15, 0.2) is 59.9 Å². The third-order valence-electron chi connectivity index (χ3n) is 4.38. The third-order valence-corrected chi connectivity index (χ3v) is 4.69. The molecule has 1 aromatic heterocycles. The van der Waals surface area contributed by atoms with Crippen molar-refractivity contribution in [1.82, 2.24) is 25.8 Å². The summed E-state index contributed by atoms with van der Waals surface area (Å²) in [5, 5.41) is 14.0. The highest BCUT2D eigenvalue weighted by molar-refractivity contribution is 14.0. The maximum absolute atomic E-state index is 6.19. The summed E-state index contributed by atoms with van der Waals surface area (Å²) >= 11 is 6.19. The third kappa shape index (κ3) is 6.88. The first-order chi connectivity index (χ1) is 14.2. The van der Waals surface area contributed by atoms with Gasteiger partial charge in [0, 0.05) is 19.2 Å². The van der Waals surface area contributed by atoms with Crippen molar-refractivity contribution in [3.05, 3.63) is 65.4 Å². The number of para-hydroxylation sites is 1. The molecule has 3 N–H and O–H groups in total. The zero-order valence-corrected chi connectivity index (χ0v) is 20.0. The fraction of sp³-hybridized carbons (Fsp3) is 0.286. The molecule has 9 heteroatoms. The molecule has 0 saturated carbocycles. The summed E-state index contributed by atoms with van der Waals surface area (Å²) in [7, 11) is 1.75. The van der Waals surface area contributed by atoms with Crippen molar-refractivity contribution in [1.29, 1.82) is 0 Å². The molecular weight excluding hydrogens is 515 g/mol. The second kappa shape index (κ2) is 12.4. The van der Waals surface area contributed by atoms with Crippen LogP contribution in [-0.2, 0) is 6.54 Å². The highest BCUT2D eigenvalue weighted by atomic mass is 127. The largest absolute Gasteiger partial charge is 0.487 e. The molecule has 1 atom stereocenters. The topological polar surface area (TPSA) is 87.2 Å². The molecule has 1 unspecified atom stereocenters. The summed E-state index contributed by atoms with van der Waals surface area (Å²) in [6, 6.07) is 15.6. The number of hydrogen-bond acceptors (Lipinski definition) is 4. The van der Waals surface area contributed by atoms with Crippen molar-refractivity contribution < 1.29 is 4.74 Å². The lowest BCUT2D eigenvalue weighted by Crippen LogP contribution is -2.42. The van der Waals surface area contributed by atoms with E-state index in [1.807, 2.05) is 36.4 Å². The lowest BCUT2D eigenvalue weighted by Gasteiger charge is -2.20. The number of aromatic amines is 1. The summed E-state index contributed by atoms with van der Waals surface area (Å²) in [4.78, 5) is 8.48. The fourth-order valence-electron chi connectivity index (χ4n) is 2.78. The van der Waals surface area contributed by atoms with Gasteiger partial charge in [0.15, 0.2) is 11.8 Å². The van der Waals surface area contributed by atoms with Crippen LogP contribution in [0.1, 0.15) is 18.9 Å². The average Bonchev–Trinajstić information content (AvgIpc) is 3.29. The Morgan fingerprint density at radius 2 is 2.03 bits per heavy atom. The van der Waals surface area contributed by atoms with Crippen molar-refractivity contribution in [3.63, 3.8) is 0 Å². The van der Waals surface area contributed by atoms with Crippen molar-refractivity contribution in [2.45, 2.75) is 26.0 Å². The Balaban J connectivity index is 0.00000320. The average molecular weight is 541 g/mol. The van der Waals surface area contributed by atoms with Crippen LogP contribution in [0.3, 0.4) is 0 Å². The van der Waals surface area contributed by atoms with E-state index in [0.717, 1.165) is 23.4 Å². The van der Waals surface area contributed by atoms with Gasteiger partial charge in [-0.1, -0.05) is 48.9 Å². The smallest absolute Gasteiger partial charge is 0.191 e. The number of hydrogen-bond donors (Lipinski definition) is 3. The number of aromatic nitrogens is 3. The highest BCUT2D eigenvalue weighted by Crippen LogP contribution is 2.24. The molecular formula is C21H26ClIN6O. The minimum Gasteiger partial charge on any atom is -0.487 e. The van der Waals surface area contributed by atoms with E-state index in [2.05, 4.69) is 49.9 Å². The van der Waals surface area contributed by atoms with E-state index in [-0.39, 0.29) is 30.1 Å². The molecule has 0 fully saturated rings. The predicted molar refractivity (Wildman–Crippen MR) is 132 cm³/mol. The van der Waals surface area contributed by atoms with E-state index >= 15 is 0 Å². The molecule has 0 radical (unpaired) electrons. The van der Waals surface area contributed by atoms with Gasteiger partial charge < -0.3 is 15.4 Å². The Hall–Kier alpha value is -2.33. The Kier molecular flexibility index (Phi) is 9.88. The van der Waals surface area contributed by atoms with Crippen LogP contribution in [0.25, 0.3) is 11.4 Å². The van der Waals surface area contributed by atoms with Crippen molar-refractivity contribution in [2.24, 2.45) is 4.99 Å². The number of ether oxygens (including phenoxy) is 1. The number of rotatable bonds is 8. The van der Waals surface area contributed by atoms with Crippen molar-refractivity contribution in [3.8, 4) is 17.1 Å². The van der Waals surface area contributed by atoms with Gasteiger partial charge in [0.2, 0.25) is 0 Å². The Morgan fingerprint density at radius 3 is 2.73 bits per heavy atom. The summed E-state index contributed by atoms with van der Waals surface area (Å²) in [6.45, 7) is 3.32. The second-order valence-corrected chi connectivity index (χ2v) is 6.83. The molecule has 30 heavy (non-hydrogen) atoms. The monoisotopic (exact) mass is 540 g/mol. The molecule has 0 aliphatic rings. The van der Waals surface area contributed by atoms with E-state index in [1.54, 1.807) is 7.05 Å². The number of halogens is 2. The summed E-state index contributed by atoms with van der Waals surface area (Å²) in [5.41, 5.74) is 2.10. The number of nitrogens with zero attached hydrogens (tertiary/aromatic N) is 3. The summed E-state index contributed by atoms with van der Waals surface area (Å²) in [5.74, 6) is 2.14. The number of aliphatic imine (C=N–C) groups is 1. The van der Waals surface area contributed by atoms with E-state index in [4.69, 9.17) is 16.3 Å². The lowest BCUT2D eigenvalue weighted by molar-refractivity contribution is 0.199. The van der Waals surface area contributed by atoms with Crippen LogP contribution in [-0.4, -0.2) is 40.8 Å². The molecule has 0 amide bonds. The maximum Gasteiger partial charge on any atom is 0.191 e. The molecule has 0 spiro atoms. The Labute approximate surface area is 198 Å². The van der Waals surface area contributed by atoms with Gasteiger partial charge in [0.05, 0.1) is 11.6 Å². The zero-order valence-electron chi connectivity index (χ0n) is 16.9. The van der Waals surface area contributed by atoms with Gasteiger partial charge in [0.1, 0.15) is 18.2 Å². The normalized spacial score (nSPS) is 12.0. The van der Waals surface area contributed by atoms with Gasteiger partial charge in [-0.25, -0.2) is 4.98 Å². The predicted octanol–water partition coefficient (Wildman–Crippen LogP) is 4.27. The lowest BCUT2D eigenvalue weighted by atomic mass is 10.1. The summed E-state index contributed by atoms with van der Waals surface area (Å²) < 4.78 is 6.02. The van der Waals surface area contributed by atoms with Crippen molar-refractivity contribution in [2.75, 3.05) is 13.6 Å². The standard InChI is InChI=1S/C21H25ClN6O.HI/c1-3-17(29-19-10-5-4-9-18(19)22)13-25-21(23-2)24-12-15-7-6-8-16(11-15)20-26-14-27-28-20;/h4-11,14,17H,3,12-13H2,1-2H3,(H2,23,24,25)(H,26,27,28);1H. The van der Waals surface area contributed by atoms with Gasteiger partial charge in [-0.3, -0.25) is 10.1 Å². The van der Waals surface area contributed by atoms with Crippen molar-refractivity contribution >= 4 is 41.5 Å². The molecule has 0 aliphatic carbocycles. The Bertz CT molecular complexity index is 935.